The highest BCUT2D eigenvalue weighted by Gasteiger charge is 2.50. The third-order valence-corrected chi connectivity index (χ3v) is 4.47. The van der Waals surface area contributed by atoms with Crippen molar-refractivity contribution in [3.8, 4) is 0 Å². The van der Waals surface area contributed by atoms with E-state index >= 15 is 0 Å². The summed E-state index contributed by atoms with van der Waals surface area (Å²) in [5.41, 5.74) is 8.81. The Labute approximate surface area is 166 Å². The zero-order valence-electron chi connectivity index (χ0n) is 15.8. The second-order valence-corrected chi connectivity index (χ2v) is 6.48. The molecule has 0 aliphatic carbocycles. The standard InChI is InChI=1S/C20H19N5O4/c1-11-7-3-5-9-13(11)22-17(26)15-16(23-24-20(21)29)19(28)25(18(15)27)14-10-6-4-8-12(14)2/h3-10,15H,1-2H3,(H,22,26)(H3,21,24,29)/b23-16-/t15-/m1/s1. The van der Waals surface area contributed by atoms with Crippen molar-refractivity contribution in [2.75, 3.05) is 10.2 Å². The van der Waals surface area contributed by atoms with Gasteiger partial charge in [0.2, 0.25) is 5.91 Å². The molecule has 1 heterocycles. The summed E-state index contributed by atoms with van der Waals surface area (Å²) in [6.45, 7) is 3.52. The van der Waals surface area contributed by atoms with E-state index in [1.165, 1.54) is 0 Å². The van der Waals surface area contributed by atoms with E-state index in [9.17, 15) is 19.2 Å². The number of nitrogens with zero attached hydrogens (tertiary/aromatic N) is 2. The maximum Gasteiger partial charge on any atom is 0.332 e. The number of benzene rings is 2. The monoisotopic (exact) mass is 393 g/mol. The SMILES string of the molecule is Cc1ccccc1NC(=O)[C@@H]1C(=O)N(c2ccccc2C)C(=O)/C1=N\NC(N)=O. The summed E-state index contributed by atoms with van der Waals surface area (Å²) in [5, 5.41) is 6.29. The summed E-state index contributed by atoms with van der Waals surface area (Å²) < 4.78 is 0. The number of anilines is 2. The predicted octanol–water partition coefficient (Wildman–Crippen LogP) is 1.46. The molecule has 4 N–H and O–H groups in total. The van der Waals surface area contributed by atoms with Crippen LogP contribution in [0.15, 0.2) is 53.6 Å². The fourth-order valence-corrected chi connectivity index (χ4v) is 3.01. The number of hydrogen-bond donors (Lipinski definition) is 3. The van der Waals surface area contributed by atoms with Gasteiger partial charge in [0.1, 0.15) is 5.71 Å². The molecule has 0 spiro atoms. The molecule has 1 fully saturated rings. The lowest BCUT2D eigenvalue weighted by Crippen LogP contribution is -2.35. The molecule has 0 saturated carbocycles. The topological polar surface area (TPSA) is 134 Å². The Hall–Kier alpha value is -4.01. The molecule has 29 heavy (non-hydrogen) atoms. The van der Waals surface area contributed by atoms with Crippen molar-refractivity contribution in [2.24, 2.45) is 16.8 Å². The number of carbonyl (C=O) groups excluding carboxylic acids is 4. The van der Waals surface area contributed by atoms with Gasteiger partial charge in [0.25, 0.3) is 11.8 Å². The van der Waals surface area contributed by atoms with Crippen molar-refractivity contribution in [1.82, 2.24) is 5.43 Å². The van der Waals surface area contributed by atoms with E-state index < -0.39 is 35.4 Å². The van der Waals surface area contributed by atoms with Crippen LogP contribution < -0.4 is 21.4 Å². The molecule has 9 nitrogen and oxygen atoms in total. The van der Waals surface area contributed by atoms with Gasteiger partial charge in [0.05, 0.1) is 5.69 Å². The number of urea groups is 1. The summed E-state index contributed by atoms with van der Waals surface area (Å²) in [6, 6.07) is 12.7. The van der Waals surface area contributed by atoms with E-state index in [-0.39, 0.29) is 0 Å². The molecular formula is C20H19N5O4. The molecule has 5 amide bonds. The Morgan fingerprint density at radius 2 is 1.62 bits per heavy atom. The van der Waals surface area contributed by atoms with E-state index in [4.69, 9.17) is 5.73 Å². The molecule has 148 valence electrons. The van der Waals surface area contributed by atoms with Crippen LogP contribution in [-0.2, 0) is 14.4 Å². The molecule has 2 aromatic rings. The largest absolute Gasteiger partial charge is 0.350 e. The van der Waals surface area contributed by atoms with Crippen LogP contribution in [0.5, 0.6) is 0 Å². The lowest BCUT2D eigenvalue weighted by atomic mass is 10.0. The third kappa shape index (κ3) is 3.84. The van der Waals surface area contributed by atoms with Gasteiger partial charge < -0.3 is 11.1 Å². The van der Waals surface area contributed by atoms with Crippen molar-refractivity contribution >= 4 is 40.8 Å². The molecule has 0 radical (unpaired) electrons. The molecule has 1 atom stereocenters. The van der Waals surface area contributed by atoms with Gasteiger partial charge in [-0.1, -0.05) is 36.4 Å². The van der Waals surface area contributed by atoms with Gasteiger partial charge in [-0.15, -0.1) is 0 Å². The second kappa shape index (κ2) is 7.93. The van der Waals surface area contributed by atoms with Gasteiger partial charge in [-0.05, 0) is 37.1 Å². The third-order valence-electron chi connectivity index (χ3n) is 4.47. The summed E-state index contributed by atoms with van der Waals surface area (Å²) in [4.78, 5) is 50.8. The Kier molecular flexibility index (Phi) is 5.40. The highest BCUT2D eigenvalue weighted by molar-refractivity contribution is 6.61. The van der Waals surface area contributed by atoms with Crippen molar-refractivity contribution < 1.29 is 19.2 Å². The summed E-state index contributed by atoms with van der Waals surface area (Å²) >= 11 is 0. The number of amides is 5. The Balaban J connectivity index is 2.01. The van der Waals surface area contributed by atoms with Crippen LogP contribution in [0, 0.1) is 19.8 Å². The van der Waals surface area contributed by atoms with E-state index in [0.717, 1.165) is 10.5 Å². The lowest BCUT2D eigenvalue weighted by molar-refractivity contribution is -0.127. The van der Waals surface area contributed by atoms with Crippen molar-refractivity contribution in [2.45, 2.75) is 13.8 Å². The Morgan fingerprint density at radius 3 is 2.24 bits per heavy atom. The number of aryl methyl sites for hydroxylation is 2. The maximum atomic E-state index is 13.1. The first-order chi connectivity index (χ1) is 13.8. The van der Waals surface area contributed by atoms with Gasteiger partial charge >= 0.3 is 6.03 Å². The first-order valence-electron chi connectivity index (χ1n) is 8.74. The van der Waals surface area contributed by atoms with Crippen LogP contribution in [0.3, 0.4) is 0 Å². The van der Waals surface area contributed by atoms with E-state index in [0.29, 0.717) is 16.9 Å². The van der Waals surface area contributed by atoms with Crippen molar-refractivity contribution in [3.63, 3.8) is 0 Å². The molecule has 9 heteroatoms. The average molecular weight is 393 g/mol. The minimum Gasteiger partial charge on any atom is -0.350 e. The minimum atomic E-state index is -1.53. The molecule has 3 rings (SSSR count). The normalized spacial score (nSPS) is 17.5. The number of para-hydroxylation sites is 2. The first kappa shape index (κ1) is 19.7. The van der Waals surface area contributed by atoms with Gasteiger partial charge in [-0.25, -0.2) is 15.1 Å². The highest BCUT2D eigenvalue weighted by Crippen LogP contribution is 2.29. The number of nitrogens with two attached hydrogens (primary N) is 1. The predicted molar refractivity (Wildman–Crippen MR) is 107 cm³/mol. The Bertz CT molecular complexity index is 1050. The summed E-state index contributed by atoms with van der Waals surface area (Å²) in [7, 11) is 0. The molecule has 1 saturated heterocycles. The van der Waals surface area contributed by atoms with Crippen LogP contribution in [0.25, 0.3) is 0 Å². The van der Waals surface area contributed by atoms with Crippen LogP contribution >= 0.6 is 0 Å². The molecule has 0 aromatic heterocycles. The smallest absolute Gasteiger partial charge is 0.332 e. The quantitative estimate of drug-likeness (QED) is 0.412. The lowest BCUT2D eigenvalue weighted by Gasteiger charge is -2.16. The zero-order chi connectivity index (χ0) is 21.1. The number of rotatable bonds is 4. The van der Waals surface area contributed by atoms with Crippen LogP contribution in [0.4, 0.5) is 16.2 Å². The first-order valence-corrected chi connectivity index (χ1v) is 8.74. The summed E-state index contributed by atoms with van der Waals surface area (Å²) in [5.74, 6) is -3.84. The Morgan fingerprint density at radius 1 is 1.00 bits per heavy atom. The minimum absolute atomic E-state index is 0.334. The second-order valence-electron chi connectivity index (χ2n) is 6.48. The van der Waals surface area contributed by atoms with Gasteiger partial charge in [-0.3, -0.25) is 14.4 Å². The number of hydrazone groups is 1. The van der Waals surface area contributed by atoms with Crippen LogP contribution in [-0.4, -0.2) is 29.5 Å². The van der Waals surface area contributed by atoms with Gasteiger partial charge in [0, 0.05) is 5.69 Å². The molecule has 0 unspecified atom stereocenters. The number of carbonyl (C=O) groups is 4. The van der Waals surface area contributed by atoms with E-state index in [1.54, 1.807) is 62.4 Å². The van der Waals surface area contributed by atoms with Gasteiger partial charge in [0.15, 0.2) is 5.92 Å². The van der Waals surface area contributed by atoms with Crippen molar-refractivity contribution in [3.05, 3.63) is 59.7 Å². The molecule has 1 aliphatic rings. The maximum absolute atomic E-state index is 13.1. The summed E-state index contributed by atoms with van der Waals surface area (Å²) in [6.07, 6.45) is 0. The van der Waals surface area contributed by atoms with E-state index in [1.807, 2.05) is 5.43 Å². The number of hydrogen-bond acceptors (Lipinski definition) is 5. The zero-order valence-corrected chi connectivity index (χ0v) is 15.8. The molecule has 2 aromatic carbocycles. The van der Waals surface area contributed by atoms with Gasteiger partial charge in [-0.2, -0.15) is 5.10 Å². The number of nitrogens with one attached hydrogen (secondary N) is 2. The molecule has 1 aliphatic heterocycles. The number of imide groups is 1. The molecule has 0 bridgehead atoms. The van der Waals surface area contributed by atoms with Crippen molar-refractivity contribution in [1.29, 1.82) is 0 Å². The average Bonchev–Trinajstić information content (AvgIpc) is 2.92. The van der Waals surface area contributed by atoms with Crippen LogP contribution in [0.1, 0.15) is 11.1 Å². The van der Waals surface area contributed by atoms with Crippen LogP contribution in [0.2, 0.25) is 0 Å². The fraction of sp³-hybridized carbons (Fsp3) is 0.150. The number of primary amides is 1. The van der Waals surface area contributed by atoms with E-state index in [2.05, 4.69) is 10.4 Å². The fourth-order valence-electron chi connectivity index (χ4n) is 3.01. The molecular weight excluding hydrogens is 374 g/mol. The highest BCUT2D eigenvalue weighted by atomic mass is 16.2.